The van der Waals surface area contributed by atoms with E-state index in [0.717, 1.165) is 16.9 Å². The van der Waals surface area contributed by atoms with Crippen molar-refractivity contribution in [2.75, 3.05) is 12.0 Å². The van der Waals surface area contributed by atoms with Gasteiger partial charge >= 0.3 is 0 Å². The molecule has 1 aromatic heterocycles. The molecule has 1 heterocycles. The lowest BCUT2D eigenvalue weighted by molar-refractivity contribution is 0.669. The van der Waals surface area contributed by atoms with E-state index in [-0.39, 0.29) is 0 Å². The van der Waals surface area contributed by atoms with Crippen LogP contribution in [-0.4, -0.2) is 12.0 Å². The molecule has 0 aliphatic carbocycles. The maximum Gasteiger partial charge on any atom is 0.136 e. The van der Waals surface area contributed by atoms with Crippen LogP contribution in [0, 0.1) is 0 Å². The zero-order chi connectivity index (χ0) is 20.5. The molecule has 1 atom stereocenters. The molecule has 0 saturated heterocycles. The van der Waals surface area contributed by atoms with Gasteiger partial charge in [0.15, 0.2) is 0 Å². The van der Waals surface area contributed by atoms with E-state index >= 15 is 0 Å². The molecule has 0 radical (unpaired) electrons. The number of furan rings is 1. The number of rotatable bonds is 5. The number of hydrogen-bond donors (Lipinski definition) is 0. The van der Waals surface area contributed by atoms with Gasteiger partial charge in [-0.25, -0.2) is 0 Å². The summed E-state index contributed by atoms with van der Waals surface area (Å²) in [5.74, 6) is 1.69. The summed E-state index contributed by atoms with van der Waals surface area (Å²) < 4.78 is 6.09. The van der Waals surface area contributed by atoms with E-state index in [2.05, 4.69) is 92.0 Å². The Kier molecular flexibility index (Phi) is 5.10. The third-order valence-corrected chi connectivity index (χ3v) is 6.61. The first-order valence-corrected chi connectivity index (χ1v) is 11.7. The van der Waals surface area contributed by atoms with Crippen molar-refractivity contribution in [3.8, 4) is 22.3 Å². The van der Waals surface area contributed by atoms with E-state index in [1.54, 1.807) is 0 Å². The Balaban J connectivity index is 1.54. The molecular formula is C28H24OS. The average molecular weight is 409 g/mol. The van der Waals surface area contributed by atoms with Crippen LogP contribution in [0.4, 0.5) is 0 Å². The summed E-state index contributed by atoms with van der Waals surface area (Å²) in [7, 11) is 0. The Labute approximate surface area is 181 Å². The van der Waals surface area contributed by atoms with Crippen molar-refractivity contribution < 1.29 is 4.42 Å². The summed E-state index contributed by atoms with van der Waals surface area (Å²) >= 11 is 1.90. The zero-order valence-electron chi connectivity index (χ0n) is 17.3. The second-order valence-corrected chi connectivity index (χ2v) is 8.78. The van der Waals surface area contributed by atoms with Gasteiger partial charge in [-0.1, -0.05) is 73.7 Å². The highest BCUT2D eigenvalue weighted by atomic mass is 32.2. The van der Waals surface area contributed by atoms with Crippen LogP contribution in [0.15, 0.2) is 95.4 Å². The SMILES string of the molecule is CSCC(C)c1cccc(-c2cccc(-c3ccc4c(c3)oc3ccccc34)c2)c1. The van der Waals surface area contributed by atoms with Gasteiger partial charge in [-0.15, -0.1) is 0 Å². The topological polar surface area (TPSA) is 13.1 Å². The van der Waals surface area contributed by atoms with Crippen LogP contribution in [-0.2, 0) is 0 Å². The lowest BCUT2D eigenvalue weighted by atomic mass is 9.95. The summed E-state index contributed by atoms with van der Waals surface area (Å²) in [6.07, 6.45) is 2.17. The minimum absolute atomic E-state index is 0.554. The fourth-order valence-electron chi connectivity index (χ4n) is 4.15. The molecule has 30 heavy (non-hydrogen) atoms. The maximum absolute atomic E-state index is 6.09. The smallest absolute Gasteiger partial charge is 0.136 e. The average Bonchev–Trinajstić information content (AvgIpc) is 3.17. The quantitative estimate of drug-likeness (QED) is 0.290. The highest BCUT2D eigenvalue weighted by Crippen LogP contribution is 2.34. The minimum atomic E-state index is 0.554. The second kappa shape index (κ2) is 8.04. The Morgan fingerprint density at radius 3 is 2.13 bits per heavy atom. The maximum atomic E-state index is 6.09. The molecule has 2 heteroatoms. The number of fused-ring (bicyclic) bond motifs is 3. The second-order valence-electron chi connectivity index (χ2n) is 7.87. The fraction of sp³-hybridized carbons (Fsp3) is 0.143. The molecule has 0 aliphatic heterocycles. The summed E-state index contributed by atoms with van der Waals surface area (Å²) in [4.78, 5) is 0. The van der Waals surface area contributed by atoms with Crippen molar-refractivity contribution in [2.24, 2.45) is 0 Å². The fourth-order valence-corrected chi connectivity index (χ4v) is 4.85. The van der Waals surface area contributed by atoms with E-state index in [9.17, 15) is 0 Å². The van der Waals surface area contributed by atoms with Crippen LogP contribution in [0.5, 0.6) is 0 Å². The number of thioether (sulfide) groups is 1. The standard InChI is InChI=1S/C28H24OS/c1-19(18-30-2)20-7-5-8-21(15-20)22-9-6-10-23(16-22)24-13-14-26-25-11-3-4-12-27(25)29-28(26)17-24/h3-17,19H,18H2,1-2H3. The molecular weight excluding hydrogens is 384 g/mol. The Bertz CT molecular complexity index is 1330. The summed E-state index contributed by atoms with van der Waals surface area (Å²) in [5.41, 5.74) is 8.17. The minimum Gasteiger partial charge on any atom is -0.456 e. The molecule has 148 valence electrons. The highest BCUT2D eigenvalue weighted by Gasteiger charge is 2.10. The Hall–Kier alpha value is -2.97. The van der Waals surface area contributed by atoms with Crippen LogP contribution in [0.1, 0.15) is 18.4 Å². The molecule has 0 spiro atoms. The molecule has 0 N–H and O–H groups in total. The van der Waals surface area contributed by atoms with Crippen molar-refractivity contribution in [3.63, 3.8) is 0 Å². The third kappa shape index (κ3) is 3.53. The molecule has 0 amide bonds. The zero-order valence-corrected chi connectivity index (χ0v) is 18.1. The van der Waals surface area contributed by atoms with E-state index in [1.807, 2.05) is 23.9 Å². The van der Waals surface area contributed by atoms with Crippen LogP contribution < -0.4 is 0 Å². The molecule has 0 bridgehead atoms. The number of hydrogen-bond acceptors (Lipinski definition) is 2. The van der Waals surface area contributed by atoms with Gasteiger partial charge in [0.1, 0.15) is 11.2 Å². The Morgan fingerprint density at radius 2 is 1.33 bits per heavy atom. The molecule has 0 aliphatic rings. The lowest BCUT2D eigenvalue weighted by Gasteiger charge is -2.12. The van der Waals surface area contributed by atoms with Crippen LogP contribution in [0.2, 0.25) is 0 Å². The van der Waals surface area contributed by atoms with Crippen LogP contribution in [0.3, 0.4) is 0 Å². The molecule has 1 unspecified atom stereocenters. The van der Waals surface area contributed by atoms with Crippen molar-refractivity contribution >= 4 is 33.7 Å². The predicted molar refractivity (Wildman–Crippen MR) is 131 cm³/mol. The van der Waals surface area contributed by atoms with Gasteiger partial charge in [-0.3, -0.25) is 0 Å². The molecule has 0 fully saturated rings. The van der Waals surface area contributed by atoms with Gasteiger partial charge in [0, 0.05) is 10.8 Å². The first kappa shape index (κ1) is 19.0. The normalized spacial score (nSPS) is 12.5. The third-order valence-electron chi connectivity index (χ3n) is 5.78. The van der Waals surface area contributed by atoms with Crippen LogP contribution >= 0.6 is 11.8 Å². The molecule has 5 aromatic rings. The highest BCUT2D eigenvalue weighted by molar-refractivity contribution is 7.98. The molecule has 5 rings (SSSR count). The lowest BCUT2D eigenvalue weighted by Crippen LogP contribution is -1.96. The molecule has 0 saturated carbocycles. The van der Waals surface area contributed by atoms with E-state index in [4.69, 9.17) is 4.42 Å². The number of benzene rings is 4. The molecule has 1 nitrogen and oxygen atoms in total. The van der Waals surface area contributed by atoms with Gasteiger partial charge in [0.25, 0.3) is 0 Å². The monoisotopic (exact) mass is 408 g/mol. The van der Waals surface area contributed by atoms with Crippen LogP contribution in [0.25, 0.3) is 44.2 Å². The van der Waals surface area contributed by atoms with Gasteiger partial charge < -0.3 is 4.42 Å². The van der Waals surface area contributed by atoms with E-state index < -0.39 is 0 Å². The summed E-state index contributed by atoms with van der Waals surface area (Å²) in [6.45, 7) is 2.30. The van der Waals surface area contributed by atoms with Crippen molar-refractivity contribution in [2.45, 2.75) is 12.8 Å². The largest absolute Gasteiger partial charge is 0.456 e. The van der Waals surface area contributed by atoms with Gasteiger partial charge in [0.2, 0.25) is 0 Å². The van der Waals surface area contributed by atoms with Gasteiger partial charge in [-0.2, -0.15) is 11.8 Å². The van der Waals surface area contributed by atoms with Gasteiger partial charge in [-0.05, 0) is 70.0 Å². The predicted octanol–water partition coefficient (Wildman–Crippen LogP) is 8.39. The summed E-state index contributed by atoms with van der Waals surface area (Å²) in [5, 5.41) is 2.34. The van der Waals surface area contributed by atoms with Gasteiger partial charge in [0.05, 0.1) is 0 Å². The van der Waals surface area contributed by atoms with Crippen molar-refractivity contribution in [1.29, 1.82) is 0 Å². The first-order chi connectivity index (χ1) is 14.7. The van der Waals surface area contributed by atoms with E-state index in [0.29, 0.717) is 5.92 Å². The first-order valence-electron chi connectivity index (χ1n) is 10.3. The van der Waals surface area contributed by atoms with Crippen molar-refractivity contribution in [3.05, 3.63) is 96.6 Å². The van der Waals surface area contributed by atoms with E-state index in [1.165, 1.54) is 38.6 Å². The Morgan fingerprint density at radius 1 is 0.667 bits per heavy atom. The number of para-hydroxylation sites is 1. The van der Waals surface area contributed by atoms with Crippen molar-refractivity contribution in [1.82, 2.24) is 0 Å². The summed E-state index contributed by atoms with van der Waals surface area (Å²) in [6, 6.07) is 32.5. The molecule has 4 aromatic carbocycles.